The molecule has 0 aromatic heterocycles. The maximum Gasteiger partial charge on any atom is 0.407 e. The SMILES string of the molecule is CC(C)(C)OC(=O)NCc1cccc(Oc2cccc(OC=O)c2)c1. The Labute approximate surface area is 146 Å². The maximum atomic E-state index is 11.7. The van der Waals surface area contributed by atoms with Crippen molar-refractivity contribution in [2.45, 2.75) is 32.9 Å². The van der Waals surface area contributed by atoms with Gasteiger partial charge in [-0.25, -0.2) is 4.79 Å². The fourth-order valence-corrected chi connectivity index (χ4v) is 2.01. The number of alkyl carbamates (subject to hydrolysis) is 1. The lowest BCUT2D eigenvalue weighted by atomic mass is 10.2. The first-order valence-corrected chi connectivity index (χ1v) is 7.80. The molecule has 0 aliphatic rings. The second-order valence-corrected chi connectivity index (χ2v) is 6.29. The van der Waals surface area contributed by atoms with Gasteiger partial charge in [-0.05, 0) is 50.6 Å². The summed E-state index contributed by atoms with van der Waals surface area (Å²) in [5.41, 5.74) is 0.326. The molecule has 0 heterocycles. The molecule has 25 heavy (non-hydrogen) atoms. The fourth-order valence-electron chi connectivity index (χ4n) is 2.01. The van der Waals surface area contributed by atoms with Crippen molar-refractivity contribution >= 4 is 12.6 Å². The number of benzene rings is 2. The monoisotopic (exact) mass is 343 g/mol. The lowest BCUT2D eigenvalue weighted by molar-refractivity contribution is -0.120. The van der Waals surface area contributed by atoms with Crippen molar-refractivity contribution in [3.8, 4) is 17.2 Å². The van der Waals surface area contributed by atoms with Gasteiger partial charge in [0.15, 0.2) is 0 Å². The quantitative estimate of drug-likeness (QED) is 0.801. The Balaban J connectivity index is 1.98. The van der Waals surface area contributed by atoms with Gasteiger partial charge in [0.05, 0.1) is 0 Å². The number of nitrogens with one attached hydrogen (secondary N) is 1. The van der Waals surface area contributed by atoms with Crippen LogP contribution in [0.5, 0.6) is 17.2 Å². The Bertz CT molecular complexity index is 737. The largest absolute Gasteiger partial charge is 0.457 e. The number of rotatable bonds is 6. The van der Waals surface area contributed by atoms with Crippen LogP contribution in [0.1, 0.15) is 26.3 Å². The van der Waals surface area contributed by atoms with E-state index in [1.165, 1.54) is 0 Å². The summed E-state index contributed by atoms with van der Waals surface area (Å²) in [7, 11) is 0. The molecule has 2 rings (SSSR count). The third-order valence-electron chi connectivity index (χ3n) is 2.96. The molecule has 0 spiro atoms. The van der Waals surface area contributed by atoms with Crippen molar-refractivity contribution < 1.29 is 23.8 Å². The molecule has 0 bridgehead atoms. The highest BCUT2D eigenvalue weighted by Crippen LogP contribution is 2.25. The van der Waals surface area contributed by atoms with Crippen molar-refractivity contribution in [2.75, 3.05) is 0 Å². The van der Waals surface area contributed by atoms with Crippen molar-refractivity contribution in [3.63, 3.8) is 0 Å². The lowest BCUT2D eigenvalue weighted by Crippen LogP contribution is -2.32. The van der Waals surface area contributed by atoms with Crippen LogP contribution in [0.4, 0.5) is 4.79 Å². The highest BCUT2D eigenvalue weighted by Gasteiger charge is 2.15. The Morgan fingerprint density at radius 1 is 1.04 bits per heavy atom. The molecule has 1 amide bonds. The normalized spacial score (nSPS) is 10.7. The zero-order valence-corrected chi connectivity index (χ0v) is 14.4. The van der Waals surface area contributed by atoms with Crippen LogP contribution in [-0.2, 0) is 16.1 Å². The Morgan fingerprint density at radius 3 is 2.36 bits per heavy atom. The molecule has 0 aliphatic carbocycles. The summed E-state index contributed by atoms with van der Waals surface area (Å²) < 4.78 is 15.7. The highest BCUT2D eigenvalue weighted by atomic mass is 16.6. The average Bonchev–Trinajstić information content (AvgIpc) is 2.52. The summed E-state index contributed by atoms with van der Waals surface area (Å²) in [4.78, 5) is 22.1. The Morgan fingerprint density at radius 2 is 1.68 bits per heavy atom. The molecule has 0 saturated heterocycles. The Hall–Kier alpha value is -3.02. The molecule has 6 nitrogen and oxygen atoms in total. The zero-order valence-electron chi connectivity index (χ0n) is 14.4. The van der Waals surface area contributed by atoms with E-state index in [9.17, 15) is 9.59 Å². The predicted octanol–water partition coefficient (Wildman–Crippen LogP) is 4.04. The van der Waals surface area contributed by atoms with E-state index in [1.807, 2.05) is 39.0 Å². The zero-order chi connectivity index (χ0) is 18.3. The molecule has 0 atom stereocenters. The molecule has 0 unspecified atom stereocenters. The molecule has 132 valence electrons. The number of hydrogen-bond donors (Lipinski definition) is 1. The summed E-state index contributed by atoms with van der Waals surface area (Å²) in [6.07, 6.45) is -0.475. The van der Waals surface area contributed by atoms with Gasteiger partial charge in [-0.1, -0.05) is 18.2 Å². The summed E-state index contributed by atoms with van der Waals surface area (Å²) in [6, 6.07) is 14.0. The lowest BCUT2D eigenvalue weighted by Gasteiger charge is -2.19. The molecule has 1 N–H and O–H groups in total. The smallest absolute Gasteiger partial charge is 0.407 e. The van der Waals surface area contributed by atoms with Gasteiger partial charge in [0, 0.05) is 12.6 Å². The van der Waals surface area contributed by atoms with Gasteiger partial charge < -0.3 is 19.5 Å². The molecule has 2 aromatic carbocycles. The first-order valence-electron chi connectivity index (χ1n) is 7.80. The number of ether oxygens (including phenoxy) is 3. The van der Waals surface area contributed by atoms with Crippen molar-refractivity contribution in [1.29, 1.82) is 0 Å². The molecular weight excluding hydrogens is 322 g/mol. The number of carbonyl (C=O) groups is 2. The van der Waals surface area contributed by atoms with Crippen LogP contribution in [0.3, 0.4) is 0 Å². The van der Waals surface area contributed by atoms with Crippen LogP contribution in [0.15, 0.2) is 48.5 Å². The van der Waals surface area contributed by atoms with Gasteiger partial charge in [-0.2, -0.15) is 0 Å². The molecular formula is C19H21NO5. The van der Waals surface area contributed by atoms with E-state index < -0.39 is 11.7 Å². The van der Waals surface area contributed by atoms with Gasteiger partial charge in [-0.3, -0.25) is 4.79 Å². The van der Waals surface area contributed by atoms with Crippen molar-refractivity contribution in [3.05, 3.63) is 54.1 Å². The number of amides is 1. The van der Waals surface area contributed by atoms with Crippen LogP contribution >= 0.6 is 0 Å². The first-order chi connectivity index (χ1) is 11.9. The van der Waals surface area contributed by atoms with Crippen LogP contribution < -0.4 is 14.8 Å². The minimum absolute atomic E-state index is 0.320. The van der Waals surface area contributed by atoms with Crippen molar-refractivity contribution in [2.24, 2.45) is 0 Å². The van der Waals surface area contributed by atoms with Crippen molar-refractivity contribution in [1.82, 2.24) is 5.32 Å². The highest BCUT2D eigenvalue weighted by molar-refractivity contribution is 5.67. The van der Waals surface area contributed by atoms with Crippen LogP contribution in [-0.4, -0.2) is 18.2 Å². The fraction of sp³-hybridized carbons (Fsp3) is 0.263. The number of carbonyl (C=O) groups excluding carboxylic acids is 2. The maximum absolute atomic E-state index is 11.7. The molecule has 0 aliphatic heterocycles. The van der Waals surface area contributed by atoms with Gasteiger partial charge in [0.25, 0.3) is 6.47 Å². The van der Waals surface area contributed by atoms with Crippen LogP contribution in [0.2, 0.25) is 0 Å². The van der Waals surface area contributed by atoms with Gasteiger partial charge in [0.2, 0.25) is 0 Å². The minimum atomic E-state index is -0.538. The molecule has 0 radical (unpaired) electrons. The Kier molecular flexibility index (Phi) is 6.00. The third-order valence-corrected chi connectivity index (χ3v) is 2.96. The second-order valence-electron chi connectivity index (χ2n) is 6.29. The summed E-state index contributed by atoms with van der Waals surface area (Å²) >= 11 is 0. The van der Waals surface area contributed by atoms with Crippen LogP contribution in [0, 0.1) is 0 Å². The topological polar surface area (TPSA) is 73.9 Å². The molecule has 6 heteroatoms. The predicted molar refractivity (Wildman–Crippen MR) is 92.7 cm³/mol. The van der Waals surface area contributed by atoms with Gasteiger partial charge in [-0.15, -0.1) is 0 Å². The van der Waals surface area contributed by atoms with Crippen LogP contribution in [0.25, 0.3) is 0 Å². The van der Waals surface area contributed by atoms with Gasteiger partial charge in [0.1, 0.15) is 22.8 Å². The van der Waals surface area contributed by atoms with E-state index in [0.717, 1.165) is 5.56 Å². The third kappa shape index (κ3) is 6.55. The van der Waals surface area contributed by atoms with E-state index in [0.29, 0.717) is 30.3 Å². The van der Waals surface area contributed by atoms with E-state index in [2.05, 4.69) is 5.32 Å². The van der Waals surface area contributed by atoms with E-state index in [4.69, 9.17) is 14.2 Å². The summed E-state index contributed by atoms with van der Waals surface area (Å²) in [5.74, 6) is 1.54. The molecule has 2 aromatic rings. The first kappa shape index (κ1) is 18.3. The number of hydrogen-bond acceptors (Lipinski definition) is 5. The van der Waals surface area contributed by atoms with E-state index >= 15 is 0 Å². The van der Waals surface area contributed by atoms with E-state index in [1.54, 1.807) is 30.3 Å². The minimum Gasteiger partial charge on any atom is -0.457 e. The molecule has 0 fully saturated rings. The second kappa shape index (κ2) is 8.19. The molecule has 0 saturated carbocycles. The summed E-state index contributed by atoms with van der Waals surface area (Å²) in [6.45, 7) is 6.11. The standard InChI is InChI=1S/C19H21NO5/c1-19(2,3)25-18(22)20-12-14-6-4-8-16(10-14)24-17-9-5-7-15(11-17)23-13-21/h4-11,13H,12H2,1-3H3,(H,20,22). The van der Waals surface area contributed by atoms with E-state index in [-0.39, 0.29) is 0 Å². The summed E-state index contributed by atoms with van der Waals surface area (Å²) in [5, 5.41) is 2.70. The average molecular weight is 343 g/mol. The van der Waals surface area contributed by atoms with Gasteiger partial charge >= 0.3 is 6.09 Å².